The molecule has 12 heteroatoms. The second-order valence-corrected chi connectivity index (χ2v) is 14.4. The number of nitrogens with one attached hydrogen (secondary N) is 3. The molecule has 9 nitrogen and oxygen atoms in total. The van der Waals surface area contributed by atoms with E-state index in [2.05, 4.69) is 22.0 Å². The van der Waals surface area contributed by atoms with E-state index in [0.717, 1.165) is 26.7 Å². The maximum Gasteiger partial charge on any atom is 0.402 e. The average Bonchev–Trinajstić information content (AvgIpc) is 3.54. The molecule has 0 unspecified atom stereocenters. The van der Waals surface area contributed by atoms with Crippen LogP contribution < -0.4 is 16.0 Å². The lowest BCUT2D eigenvalue weighted by atomic mass is 9.83. The van der Waals surface area contributed by atoms with Crippen LogP contribution in [0.2, 0.25) is 0 Å². The maximum absolute atomic E-state index is 13.9. The van der Waals surface area contributed by atoms with Gasteiger partial charge in [0.05, 0.1) is 6.07 Å². The molecule has 0 bridgehead atoms. The second-order valence-electron chi connectivity index (χ2n) is 14.4. The zero-order chi connectivity index (χ0) is 30.2. The van der Waals surface area contributed by atoms with Crippen LogP contribution in [-0.4, -0.2) is 64.9 Å². The van der Waals surface area contributed by atoms with Crippen molar-refractivity contribution in [1.29, 1.82) is 5.26 Å². The van der Waals surface area contributed by atoms with Gasteiger partial charge in [-0.1, -0.05) is 34.6 Å². The van der Waals surface area contributed by atoms with Crippen LogP contribution in [0.3, 0.4) is 0 Å². The quantitative estimate of drug-likeness (QED) is 0.435. The first-order valence-electron chi connectivity index (χ1n) is 13.9. The third-order valence-electron chi connectivity index (χ3n) is 9.67. The van der Waals surface area contributed by atoms with E-state index in [4.69, 9.17) is 0 Å². The van der Waals surface area contributed by atoms with Crippen molar-refractivity contribution >= 4 is 23.6 Å². The summed E-state index contributed by atoms with van der Waals surface area (Å²) >= 11 is 0. The predicted molar refractivity (Wildman–Crippen MR) is 138 cm³/mol. The van der Waals surface area contributed by atoms with Gasteiger partial charge in [0.25, 0.3) is 0 Å². The molecule has 2 saturated heterocycles. The lowest BCUT2D eigenvalue weighted by molar-refractivity contribution is -0.212. The Morgan fingerprint density at radius 3 is 2.20 bits per heavy atom. The first-order valence-corrected chi connectivity index (χ1v) is 13.9. The third kappa shape index (κ3) is 5.16. The predicted octanol–water partition coefficient (Wildman–Crippen LogP) is 2.66. The van der Waals surface area contributed by atoms with E-state index < -0.39 is 58.8 Å². The Labute approximate surface area is 233 Å². The number of fused-ring (bicyclic) bond motifs is 1. The number of amides is 4. The van der Waals surface area contributed by atoms with Crippen molar-refractivity contribution in [2.45, 2.75) is 104 Å². The average molecular weight is 568 g/mol. The van der Waals surface area contributed by atoms with Crippen LogP contribution in [0.5, 0.6) is 0 Å². The van der Waals surface area contributed by atoms with Crippen LogP contribution in [-0.2, 0) is 19.2 Å². The fraction of sp³-hybridized carbons (Fsp3) is 0.821. The highest BCUT2D eigenvalue weighted by Crippen LogP contribution is 2.65. The van der Waals surface area contributed by atoms with Gasteiger partial charge in [-0.25, -0.2) is 0 Å². The Morgan fingerprint density at radius 1 is 1.12 bits per heavy atom. The van der Waals surface area contributed by atoms with Crippen molar-refractivity contribution in [1.82, 2.24) is 20.9 Å². The molecule has 2 saturated carbocycles. The first-order chi connectivity index (χ1) is 18.2. The van der Waals surface area contributed by atoms with E-state index in [1.165, 1.54) is 4.90 Å². The van der Waals surface area contributed by atoms with Crippen LogP contribution in [0.25, 0.3) is 0 Å². The number of piperidine rings is 1. The Kier molecular flexibility index (Phi) is 7.04. The Morgan fingerprint density at radius 2 is 1.73 bits per heavy atom. The van der Waals surface area contributed by atoms with Crippen molar-refractivity contribution in [2.24, 2.45) is 34.0 Å². The van der Waals surface area contributed by atoms with E-state index in [-0.39, 0.29) is 41.7 Å². The van der Waals surface area contributed by atoms with E-state index in [9.17, 15) is 37.6 Å². The van der Waals surface area contributed by atoms with Crippen LogP contribution in [0.1, 0.15) is 74.1 Å². The fourth-order valence-corrected chi connectivity index (χ4v) is 6.40. The summed E-state index contributed by atoms with van der Waals surface area (Å²) in [5.74, 6) is -3.23. The number of likely N-dealkylation sites (tertiary alicyclic amines) is 1. The van der Waals surface area contributed by atoms with E-state index in [1.54, 1.807) is 20.8 Å². The number of hydrogen-bond donors (Lipinski definition) is 3. The second kappa shape index (κ2) is 9.35. The monoisotopic (exact) mass is 567 g/mol. The third-order valence-corrected chi connectivity index (χ3v) is 9.67. The molecule has 2 heterocycles. The Hall–Kier alpha value is -2.84. The molecule has 0 aromatic rings. The van der Waals surface area contributed by atoms with Gasteiger partial charge >= 0.3 is 6.18 Å². The summed E-state index contributed by atoms with van der Waals surface area (Å²) in [6.07, 6.45) is -2.25. The lowest BCUT2D eigenvalue weighted by Gasteiger charge is -2.39. The van der Waals surface area contributed by atoms with Gasteiger partial charge in [0.2, 0.25) is 23.6 Å². The van der Waals surface area contributed by atoms with Gasteiger partial charge in [0.1, 0.15) is 23.5 Å². The molecule has 2 aliphatic carbocycles. The SMILES string of the molecule is CC(C)(C)[C@H](NC(=O)C(C)(C)C(F)(F)F)C(=O)N1C[C@H]2[C@@H]([C@H]1C(=O)N[C@H](C#N)C[C@@H]1CC3(CC3)NC1=O)C2(C)C. The number of halogens is 3. The molecule has 40 heavy (non-hydrogen) atoms. The molecule has 222 valence electrons. The molecule has 0 radical (unpaired) electrons. The van der Waals surface area contributed by atoms with Crippen molar-refractivity contribution < 1.29 is 32.3 Å². The number of carbonyl (C=O) groups is 4. The largest absolute Gasteiger partial charge is 0.402 e. The number of alkyl halides is 3. The van der Waals surface area contributed by atoms with Crippen LogP contribution in [0, 0.1) is 45.3 Å². The van der Waals surface area contributed by atoms with Gasteiger partial charge in [-0.3, -0.25) is 19.2 Å². The summed E-state index contributed by atoms with van der Waals surface area (Å²) in [5.41, 5.74) is -4.10. The molecular formula is C28H40F3N5O4. The molecule has 3 N–H and O–H groups in total. The number of rotatable bonds is 7. The maximum atomic E-state index is 13.9. The molecule has 2 aliphatic heterocycles. The smallest absolute Gasteiger partial charge is 0.350 e. The summed E-state index contributed by atoms with van der Waals surface area (Å²) in [4.78, 5) is 54.0. The van der Waals surface area contributed by atoms with Crippen molar-refractivity contribution in [3.8, 4) is 6.07 Å². The van der Waals surface area contributed by atoms with Gasteiger partial charge < -0.3 is 20.9 Å². The molecule has 1 spiro atoms. The molecular weight excluding hydrogens is 527 g/mol. The highest BCUT2D eigenvalue weighted by Gasteiger charge is 2.70. The van der Waals surface area contributed by atoms with Gasteiger partial charge in [-0.2, -0.15) is 18.4 Å². The van der Waals surface area contributed by atoms with E-state index >= 15 is 0 Å². The fourth-order valence-electron chi connectivity index (χ4n) is 6.40. The zero-order valence-electron chi connectivity index (χ0n) is 24.2. The zero-order valence-corrected chi connectivity index (χ0v) is 24.2. The Balaban J connectivity index is 1.52. The first kappa shape index (κ1) is 30.1. The molecule has 4 fully saturated rings. The summed E-state index contributed by atoms with van der Waals surface area (Å²) in [6.45, 7) is 10.6. The summed E-state index contributed by atoms with van der Waals surface area (Å²) in [7, 11) is 0. The minimum Gasteiger partial charge on any atom is -0.350 e. The lowest BCUT2D eigenvalue weighted by Crippen LogP contribution is -2.61. The number of carbonyl (C=O) groups excluding carboxylic acids is 4. The minimum atomic E-state index is -4.83. The molecule has 4 aliphatic rings. The number of hydrogen-bond acceptors (Lipinski definition) is 5. The molecule has 6 atom stereocenters. The van der Waals surface area contributed by atoms with Crippen LogP contribution in [0.4, 0.5) is 13.2 Å². The van der Waals surface area contributed by atoms with Gasteiger partial charge in [-0.05, 0) is 62.2 Å². The molecule has 4 amide bonds. The van der Waals surface area contributed by atoms with Gasteiger partial charge in [0.15, 0.2) is 0 Å². The number of nitrogens with zero attached hydrogens (tertiary/aromatic N) is 2. The summed E-state index contributed by atoms with van der Waals surface area (Å²) < 4.78 is 40.7. The van der Waals surface area contributed by atoms with Gasteiger partial charge in [0, 0.05) is 18.0 Å². The van der Waals surface area contributed by atoms with E-state index in [1.807, 2.05) is 13.8 Å². The Bertz CT molecular complexity index is 1150. The van der Waals surface area contributed by atoms with Crippen LogP contribution >= 0.6 is 0 Å². The topological polar surface area (TPSA) is 131 Å². The molecule has 0 aromatic carbocycles. The standard InChI is InChI=1S/C28H40F3N5O4/c1-24(2,3)19(34-23(40)26(6,7)28(29,30)31)22(39)36-13-16-17(25(16,4)5)18(36)21(38)33-15(12-32)10-14-11-27(8-9-27)35-20(14)37/h14-19H,8-11,13H2,1-7H3,(H,33,38)(H,34,40)(H,35,37)/t14-,15+,16+,17+,18+,19-/m1/s1. The highest BCUT2D eigenvalue weighted by molar-refractivity contribution is 5.95. The van der Waals surface area contributed by atoms with Crippen molar-refractivity contribution in [3.05, 3.63) is 0 Å². The van der Waals surface area contributed by atoms with Crippen molar-refractivity contribution in [2.75, 3.05) is 6.54 Å². The highest BCUT2D eigenvalue weighted by atomic mass is 19.4. The van der Waals surface area contributed by atoms with Gasteiger partial charge in [-0.15, -0.1) is 0 Å². The molecule has 0 aromatic heterocycles. The van der Waals surface area contributed by atoms with E-state index in [0.29, 0.717) is 6.42 Å². The summed E-state index contributed by atoms with van der Waals surface area (Å²) in [6, 6.07) is -1.14. The summed E-state index contributed by atoms with van der Waals surface area (Å²) in [5, 5.41) is 17.8. The van der Waals surface area contributed by atoms with Crippen LogP contribution in [0.15, 0.2) is 0 Å². The minimum absolute atomic E-state index is 0.00833. The van der Waals surface area contributed by atoms with Crippen molar-refractivity contribution in [3.63, 3.8) is 0 Å². The number of nitriles is 1. The normalized spacial score (nSPS) is 29.6. The molecule has 4 rings (SSSR count).